The second-order valence-electron chi connectivity index (χ2n) is 6.91. The molecular formula is C15H27N3S. The summed E-state index contributed by atoms with van der Waals surface area (Å²) in [5.74, 6) is 0.630. The van der Waals surface area contributed by atoms with Crippen molar-refractivity contribution in [3.05, 3.63) is 16.6 Å². The van der Waals surface area contributed by atoms with Crippen LogP contribution < -0.4 is 5.73 Å². The minimum Gasteiger partial charge on any atom is -0.329 e. The summed E-state index contributed by atoms with van der Waals surface area (Å²) in [4.78, 5) is 6.85. The van der Waals surface area contributed by atoms with Gasteiger partial charge in [0.1, 0.15) is 0 Å². The number of thiazole rings is 1. The molecule has 0 bridgehead atoms. The third kappa shape index (κ3) is 3.01. The molecule has 0 spiro atoms. The molecule has 4 heteroatoms. The zero-order valence-electron chi connectivity index (χ0n) is 12.6. The highest BCUT2D eigenvalue weighted by Gasteiger charge is 2.45. The van der Waals surface area contributed by atoms with Crippen LogP contribution in [0.3, 0.4) is 0 Å². The van der Waals surface area contributed by atoms with E-state index in [2.05, 4.69) is 43.1 Å². The Balaban J connectivity index is 2.13. The zero-order valence-corrected chi connectivity index (χ0v) is 13.5. The third-order valence-corrected chi connectivity index (χ3v) is 5.64. The average Bonchev–Trinajstić information content (AvgIpc) is 2.81. The molecule has 2 rings (SSSR count). The molecule has 0 saturated heterocycles. The minimum atomic E-state index is 0.138. The highest BCUT2D eigenvalue weighted by Crippen LogP contribution is 2.46. The molecule has 108 valence electrons. The first-order valence-electron chi connectivity index (χ1n) is 7.18. The molecule has 0 aliphatic heterocycles. The molecule has 2 N–H and O–H groups in total. The van der Waals surface area contributed by atoms with Gasteiger partial charge in [0, 0.05) is 24.0 Å². The lowest BCUT2D eigenvalue weighted by molar-refractivity contribution is -0.0122. The van der Waals surface area contributed by atoms with E-state index < -0.39 is 0 Å². The number of aromatic nitrogens is 1. The van der Waals surface area contributed by atoms with E-state index in [1.165, 1.54) is 19.3 Å². The molecule has 1 aliphatic rings. The Hall–Kier alpha value is -0.450. The Morgan fingerprint density at radius 3 is 2.74 bits per heavy atom. The smallest absolute Gasteiger partial charge is 0.0795 e. The Morgan fingerprint density at radius 1 is 1.47 bits per heavy atom. The normalized spacial score (nSPS) is 30.7. The van der Waals surface area contributed by atoms with Crippen LogP contribution in [-0.4, -0.2) is 29.0 Å². The van der Waals surface area contributed by atoms with Gasteiger partial charge in [-0.05, 0) is 37.6 Å². The van der Waals surface area contributed by atoms with Crippen molar-refractivity contribution in [2.75, 3.05) is 13.6 Å². The highest BCUT2D eigenvalue weighted by molar-refractivity contribution is 7.07. The number of hydrogen-bond donors (Lipinski definition) is 1. The standard InChI is InChI=1S/C15H27N3S/c1-12-7-14(2,3)5-6-15(12,10-16)18(4)8-13-9-19-11-17-13/h9,11-12H,5-8,10,16H2,1-4H3. The summed E-state index contributed by atoms with van der Waals surface area (Å²) < 4.78 is 0. The number of hydrogen-bond acceptors (Lipinski definition) is 4. The maximum absolute atomic E-state index is 6.19. The molecule has 1 aromatic rings. The summed E-state index contributed by atoms with van der Waals surface area (Å²) >= 11 is 1.67. The van der Waals surface area contributed by atoms with E-state index in [0.717, 1.165) is 18.8 Å². The second-order valence-corrected chi connectivity index (χ2v) is 7.63. The van der Waals surface area contributed by atoms with Gasteiger partial charge in [-0.25, -0.2) is 4.98 Å². The Labute approximate surface area is 121 Å². The van der Waals surface area contributed by atoms with Gasteiger partial charge >= 0.3 is 0 Å². The monoisotopic (exact) mass is 281 g/mol. The van der Waals surface area contributed by atoms with Gasteiger partial charge in [-0.15, -0.1) is 11.3 Å². The molecule has 1 heterocycles. The first-order valence-corrected chi connectivity index (χ1v) is 8.12. The lowest BCUT2D eigenvalue weighted by Crippen LogP contribution is -2.59. The van der Waals surface area contributed by atoms with Crippen LogP contribution in [0.4, 0.5) is 0 Å². The summed E-state index contributed by atoms with van der Waals surface area (Å²) in [5, 5.41) is 2.14. The fourth-order valence-electron chi connectivity index (χ4n) is 3.66. The van der Waals surface area contributed by atoms with Crippen LogP contribution in [0, 0.1) is 11.3 Å². The largest absolute Gasteiger partial charge is 0.329 e. The fraction of sp³-hybridized carbons (Fsp3) is 0.800. The predicted molar refractivity (Wildman–Crippen MR) is 82.2 cm³/mol. The second kappa shape index (κ2) is 5.51. The van der Waals surface area contributed by atoms with Crippen molar-refractivity contribution in [3.8, 4) is 0 Å². The summed E-state index contributed by atoms with van der Waals surface area (Å²) in [6, 6.07) is 0. The van der Waals surface area contributed by atoms with Crippen LogP contribution in [0.1, 0.15) is 45.7 Å². The van der Waals surface area contributed by atoms with Gasteiger partial charge in [0.2, 0.25) is 0 Å². The van der Waals surface area contributed by atoms with Crippen molar-refractivity contribution in [1.29, 1.82) is 0 Å². The fourth-order valence-corrected chi connectivity index (χ4v) is 4.21. The molecule has 0 aromatic carbocycles. The van der Waals surface area contributed by atoms with Crippen molar-refractivity contribution in [2.24, 2.45) is 17.1 Å². The van der Waals surface area contributed by atoms with Crippen LogP contribution in [0.25, 0.3) is 0 Å². The van der Waals surface area contributed by atoms with Crippen LogP contribution in [0.2, 0.25) is 0 Å². The Morgan fingerprint density at radius 2 is 2.21 bits per heavy atom. The summed E-state index contributed by atoms with van der Waals surface area (Å²) in [6.07, 6.45) is 3.71. The molecule has 2 atom stereocenters. The van der Waals surface area contributed by atoms with Crippen molar-refractivity contribution >= 4 is 11.3 Å². The van der Waals surface area contributed by atoms with Gasteiger partial charge in [0.15, 0.2) is 0 Å². The van der Waals surface area contributed by atoms with Crippen molar-refractivity contribution < 1.29 is 0 Å². The molecule has 1 aromatic heterocycles. The van der Waals surface area contributed by atoms with Crippen molar-refractivity contribution in [3.63, 3.8) is 0 Å². The van der Waals surface area contributed by atoms with Crippen LogP contribution >= 0.6 is 11.3 Å². The summed E-state index contributed by atoms with van der Waals surface area (Å²) in [7, 11) is 2.21. The predicted octanol–water partition coefficient (Wildman–Crippen LogP) is 3.12. The van der Waals surface area contributed by atoms with Crippen LogP contribution in [0.15, 0.2) is 10.9 Å². The molecular weight excluding hydrogens is 254 g/mol. The topological polar surface area (TPSA) is 42.1 Å². The third-order valence-electron chi connectivity index (χ3n) is 5.01. The van der Waals surface area contributed by atoms with Gasteiger partial charge in [-0.2, -0.15) is 0 Å². The molecule has 1 fully saturated rings. The zero-order chi connectivity index (χ0) is 14.1. The summed E-state index contributed by atoms with van der Waals surface area (Å²) in [5.41, 5.74) is 9.86. The van der Waals surface area contributed by atoms with Gasteiger partial charge in [0.05, 0.1) is 11.2 Å². The minimum absolute atomic E-state index is 0.138. The molecule has 0 radical (unpaired) electrons. The molecule has 1 saturated carbocycles. The molecule has 0 amide bonds. The van der Waals surface area contributed by atoms with E-state index in [4.69, 9.17) is 5.73 Å². The molecule has 19 heavy (non-hydrogen) atoms. The molecule has 3 nitrogen and oxygen atoms in total. The first-order chi connectivity index (χ1) is 8.89. The lowest BCUT2D eigenvalue weighted by atomic mass is 9.63. The highest BCUT2D eigenvalue weighted by atomic mass is 32.1. The SMILES string of the molecule is CC1CC(C)(C)CCC1(CN)N(C)Cc1cscn1. The average molecular weight is 281 g/mol. The lowest BCUT2D eigenvalue weighted by Gasteiger charge is -2.52. The van der Waals surface area contributed by atoms with Gasteiger partial charge < -0.3 is 5.73 Å². The number of rotatable bonds is 4. The number of likely N-dealkylation sites (N-methyl/N-ethyl adjacent to an activating group) is 1. The molecule has 2 unspecified atom stereocenters. The van der Waals surface area contributed by atoms with Crippen molar-refractivity contribution in [1.82, 2.24) is 9.88 Å². The maximum atomic E-state index is 6.19. The Kier molecular flexibility index (Phi) is 4.33. The quantitative estimate of drug-likeness (QED) is 0.922. The molecule has 1 aliphatic carbocycles. The Bertz CT molecular complexity index is 402. The van der Waals surface area contributed by atoms with Gasteiger partial charge in [-0.1, -0.05) is 20.8 Å². The van der Waals surface area contributed by atoms with Gasteiger partial charge in [-0.3, -0.25) is 4.90 Å². The first kappa shape index (κ1) is 14.9. The summed E-state index contributed by atoms with van der Waals surface area (Å²) in [6.45, 7) is 8.77. The van der Waals surface area contributed by atoms with E-state index in [1.807, 2.05) is 5.51 Å². The van der Waals surface area contributed by atoms with E-state index in [0.29, 0.717) is 11.3 Å². The maximum Gasteiger partial charge on any atom is 0.0795 e. The van der Waals surface area contributed by atoms with E-state index in [-0.39, 0.29) is 5.54 Å². The van der Waals surface area contributed by atoms with E-state index in [9.17, 15) is 0 Å². The van der Waals surface area contributed by atoms with Crippen LogP contribution in [0.5, 0.6) is 0 Å². The van der Waals surface area contributed by atoms with E-state index >= 15 is 0 Å². The van der Waals surface area contributed by atoms with Crippen LogP contribution in [-0.2, 0) is 6.54 Å². The van der Waals surface area contributed by atoms with Crippen molar-refractivity contribution in [2.45, 2.75) is 52.1 Å². The number of nitrogens with two attached hydrogens (primary N) is 1. The number of nitrogens with zero attached hydrogens (tertiary/aromatic N) is 2. The van der Waals surface area contributed by atoms with Gasteiger partial charge in [0.25, 0.3) is 0 Å². The van der Waals surface area contributed by atoms with E-state index in [1.54, 1.807) is 11.3 Å².